The third-order valence-corrected chi connectivity index (χ3v) is 5.65. The van der Waals surface area contributed by atoms with Crippen molar-refractivity contribution in [3.05, 3.63) is 12.2 Å². The van der Waals surface area contributed by atoms with Gasteiger partial charge < -0.3 is 4.48 Å². The van der Waals surface area contributed by atoms with Gasteiger partial charge in [0.15, 0.2) is 0 Å². The molecular weight excluding hydrogens is 206 g/mol. The van der Waals surface area contributed by atoms with Crippen molar-refractivity contribution in [2.24, 2.45) is 23.7 Å². The number of rotatable bonds is 5. The fraction of sp³-hybridized carbons (Fsp3) is 0.875. The second kappa shape index (κ2) is 4.42. The van der Waals surface area contributed by atoms with Crippen molar-refractivity contribution in [1.29, 1.82) is 0 Å². The quantitative estimate of drug-likeness (QED) is 0.388. The van der Waals surface area contributed by atoms with E-state index < -0.39 is 0 Å². The van der Waals surface area contributed by atoms with Crippen molar-refractivity contribution < 1.29 is 4.48 Å². The van der Waals surface area contributed by atoms with Gasteiger partial charge in [0, 0.05) is 11.8 Å². The van der Waals surface area contributed by atoms with Crippen LogP contribution < -0.4 is 0 Å². The minimum atomic E-state index is 0.959. The Labute approximate surface area is 106 Å². The predicted molar refractivity (Wildman–Crippen MR) is 72.6 cm³/mol. The average Bonchev–Trinajstić information content (AvgIpc) is 2.95. The highest BCUT2D eigenvalue weighted by atomic mass is 15.4. The van der Waals surface area contributed by atoms with Gasteiger partial charge in [-0.15, -0.1) is 0 Å². The monoisotopic (exact) mass is 234 g/mol. The first-order valence-electron chi connectivity index (χ1n) is 7.74. The lowest BCUT2D eigenvalue weighted by Gasteiger charge is -2.31. The molecule has 0 radical (unpaired) electrons. The molecule has 1 saturated heterocycles. The van der Waals surface area contributed by atoms with E-state index in [4.69, 9.17) is 0 Å². The smallest absolute Gasteiger partial charge is 0.0824 e. The summed E-state index contributed by atoms with van der Waals surface area (Å²) in [5.74, 6) is 4.00. The van der Waals surface area contributed by atoms with Crippen LogP contribution in [0.25, 0.3) is 0 Å². The molecule has 1 saturated carbocycles. The molecule has 2 fully saturated rings. The zero-order valence-electron chi connectivity index (χ0n) is 11.6. The van der Waals surface area contributed by atoms with Gasteiger partial charge in [0.25, 0.3) is 0 Å². The van der Waals surface area contributed by atoms with Crippen molar-refractivity contribution in [3.8, 4) is 0 Å². The van der Waals surface area contributed by atoms with E-state index in [1.807, 2.05) is 0 Å². The summed E-state index contributed by atoms with van der Waals surface area (Å²) in [5.41, 5.74) is 0. The van der Waals surface area contributed by atoms with Crippen molar-refractivity contribution in [1.82, 2.24) is 0 Å². The first kappa shape index (κ1) is 11.8. The molecule has 0 aromatic carbocycles. The number of hydrogen-bond donors (Lipinski definition) is 0. The second-order valence-electron chi connectivity index (χ2n) is 7.04. The Hall–Kier alpha value is -0.300. The Bertz CT molecular complexity index is 287. The van der Waals surface area contributed by atoms with Crippen molar-refractivity contribution in [2.75, 3.05) is 26.7 Å². The van der Waals surface area contributed by atoms with E-state index in [2.05, 4.69) is 26.1 Å². The molecule has 1 heteroatoms. The van der Waals surface area contributed by atoms with Gasteiger partial charge in [0.2, 0.25) is 0 Å². The Balaban J connectivity index is 1.54. The van der Waals surface area contributed by atoms with E-state index >= 15 is 0 Å². The van der Waals surface area contributed by atoms with E-state index in [0.29, 0.717) is 0 Å². The van der Waals surface area contributed by atoms with Crippen LogP contribution in [-0.2, 0) is 0 Å². The lowest BCUT2D eigenvalue weighted by atomic mass is 9.86. The van der Waals surface area contributed by atoms with Gasteiger partial charge in [-0.05, 0) is 31.1 Å². The fourth-order valence-electron chi connectivity index (χ4n) is 4.76. The van der Waals surface area contributed by atoms with Gasteiger partial charge in [-0.25, -0.2) is 0 Å². The molecule has 3 rings (SSSR count). The summed E-state index contributed by atoms with van der Waals surface area (Å²) in [4.78, 5) is 0. The number of quaternary nitrogens is 1. The SMILES string of the molecule is CCCCCC[N+]1(C)C[C@@H]2[C@H](C1)[C@@H]1C=C[C@H]2C1. The molecule has 0 aromatic rings. The van der Waals surface area contributed by atoms with Crippen LogP contribution in [0.15, 0.2) is 12.2 Å². The first-order valence-corrected chi connectivity index (χ1v) is 7.74. The summed E-state index contributed by atoms with van der Waals surface area (Å²) in [6, 6.07) is 0. The zero-order chi connectivity index (χ0) is 11.9. The van der Waals surface area contributed by atoms with Crippen molar-refractivity contribution in [2.45, 2.75) is 39.0 Å². The maximum absolute atomic E-state index is 2.53. The first-order chi connectivity index (χ1) is 8.22. The Kier molecular flexibility index (Phi) is 3.06. The van der Waals surface area contributed by atoms with Crippen LogP contribution in [0.5, 0.6) is 0 Å². The zero-order valence-corrected chi connectivity index (χ0v) is 11.6. The molecule has 0 aromatic heterocycles. The maximum Gasteiger partial charge on any atom is 0.0824 e. The average molecular weight is 234 g/mol. The highest BCUT2D eigenvalue weighted by Gasteiger charge is 2.54. The molecule has 1 heterocycles. The lowest BCUT2D eigenvalue weighted by Crippen LogP contribution is -2.43. The van der Waals surface area contributed by atoms with E-state index in [1.54, 1.807) is 0 Å². The van der Waals surface area contributed by atoms with Crippen LogP contribution in [0.1, 0.15) is 39.0 Å². The van der Waals surface area contributed by atoms with Crippen LogP contribution in [0.2, 0.25) is 0 Å². The van der Waals surface area contributed by atoms with E-state index in [9.17, 15) is 0 Å². The largest absolute Gasteiger partial charge is 0.326 e. The third kappa shape index (κ3) is 2.07. The third-order valence-electron chi connectivity index (χ3n) is 5.65. The van der Waals surface area contributed by atoms with Gasteiger partial charge in [-0.3, -0.25) is 0 Å². The topological polar surface area (TPSA) is 0 Å². The molecule has 96 valence electrons. The summed E-state index contributed by atoms with van der Waals surface area (Å²) in [5, 5.41) is 0. The standard InChI is InChI=1S/C16H28N/c1-3-4-5-6-9-17(2)11-15-13-7-8-14(10-13)16(15)12-17/h7-8,13-16H,3-6,9-12H2,1-2H3/q+1/t13-,14+,15-,16+,17?. The van der Waals surface area contributed by atoms with Crippen molar-refractivity contribution in [3.63, 3.8) is 0 Å². The Morgan fingerprint density at radius 2 is 1.65 bits per heavy atom. The number of likely N-dealkylation sites (tertiary alicyclic amines) is 1. The molecule has 17 heavy (non-hydrogen) atoms. The molecule has 1 nitrogen and oxygen atoms in total. The lowest BCUT2D eigenvalue weighted by molar-refractivity contribution is -0.901. The number of fused-ring (bicyclic) bond motifs is 5. The number of unbranched alkanes of at least 4 members (excludes halogenated alkanes) is 3. The molecule has 2 aliphatic carbocycles. The van der Waals surface area contributed by atoms with Gasteiger partial charge >= 0.3 is 0 Å². The number of allylic oxidation sites excluding steroid dienone is 2. The molecule has 3 aliphatic rings. The molecule has 0 amide bonds. The minimum absolute atomic E-state index is 0.959. The van der Waals surface area contributed by atoms with E-state index in [1.165, 1.54) is 56.2 Å². The summed E-state index contributed by atoms with van der Waals surface area (Å²) < 4.78 is 1.38. The summed E-state index contributed by atoms with van der Waals surface area (Å²) >= 11 is 0. The second-order valence-corrected chi connectivity index (χ2v) is 7.04. The summed E-state index contributed by atoms with van der Waals surface area (Å²) in [6.45, 7) is 6.69. The van der Waals surface area contributed by atoms with Gasteiger partial charge in [-0.2, -0.15) is 0 Å². The minimum Gasteiger partial charge on any atom is -0.326 e. The van der Waals surface area contributed by atoms with Gasteiger partial charge in [0.05, 0.1) is 26.7 Å². The molecule has 2 bridgehead atoms. The summed E-state index contributed by atoms with van der Waals surface area (Å²) in [6.07, 6.45) is 12.2. The van der Waals surface area contributed by atoms with E-state index in [0.717, 1.165) is 23.7 Å². The maximum atomic E-state index is 2.53. The van der Waals surface area contributed by atoms with Crippen LogP contribution in [0.3, 0.4) is 0 Å². The van der Waals surface area contributed by atoms with Gasteiger partial charge in [0.1, 0.15) is 0 Å². The van der Waals surface area contributed by atoms with Crippen molar-refractivity contribution >= 4 is 0 Å². The molecule has 1 aliphatic heterocycles. The van der Waals surface area contributed by atoms with Crippen LogP contribution in [0.4, 0.5) is 0 Å². The molecular formula is C16H28N+. The molecule has 5 atom stereocenters. The van der Waals surface area contributed by atoms with Crippen LogP contribution in [0, 0.1) is 23.7 Å². The molecule has 1 unspecified atom stereocenters. The molecule has 0 spiro atoms. The summed E-state index contributed by atoms with van der Waals surface area (Å²) in [7, 11) is 2.52. The van der Waals surface area contributed by atoms with Crippen LogP contribution >= 0.6 is 0 Å². The van der Waals surface area contributed by atoms with Gasteiger partial charge in [-0.1, -0.05) is 31.9 Å². The Morgan fingerprint density at radius 3 is 2.24 bits per heavy atom. The van der Waals surface area contributed by atoms with Crippen LogP contribution in [-0.4, -0.2) is 31.2 Å². The fourth-order valence-corrected chi connectivity index (χ4v) is 4.76. The normalized spacial score (nSPS) is 46.7. The number of nitrogens with zero attached hydrogens (tertiary/aromatic N) is 1. The molecule has 0 N–H and O–H groups in total. The Morgan fingerprint density at radius 1 is 1.00 bits per heavy atom. The highest BCUT2D eigenvalue weighted by Crippen LogP contribution is 2.52. The highest BCUT2D eigenvalue weighted by molar-refractivity contribution is 5.14. The predicted octanol–water partition coefficient (Wildman–Crippen LogP) is 3.47. The number of hydrogen-bond acceptors (Lipinski definition) is 0. The van der Waals surface area contributed by atoms with E-state index in [-0.39, 0.29) is 0 Å².